The number of carbonyl (C=O) groups excluding carboxylic acids is 1. The van der Waals surface area contributed by atoms with Gasteiger partial charge in [-0.05, 0) is 48.4 Å². The Morgan fingerprint density at radius 2 is 1.21 bits per heavy atom. The molecule has 0 aliphatic heterocycles. The van der Waals surface area contributed by atoms with E-state index in [0.29, 0.717) is 5.56 Å². The fourth-order valence-electron chi connectivity index (χ4n) is 3.81. The summed E-state index contributed by atoms with van der Waals surface area (Å²) in [7, 11) is 0. The van der Waals surface area contributed by atoms with Crippen molar-refractivity contribution in [1.29, 1.82) is 0 Å². The van der Waals surface area contributed by atoms with E-state index in [1.165, 1.54) is 5.56 Å². The van der Waals surface area contributed by atoms with Gasteiger partial charge in [0.1, 0.15) is 0 Å². The Balaban J connectivity index is 1.48. The molecule has 33 heavy (non-hydrogen) atoms. The lowest BCUT2D eigenvalue weighted by molar-refractivity contribution is 0.102. The Labute approximate surface area is 193 Å². The lowest BCUT2D eigenvalue weighted by Crippen LogP contribution is -2.11. The maximum atomic E-state index is 12.7. The van der Waals surface area contributed by atoms with E-state index in [1.54, 1.807) is 0 Å². The summed E-state index contributed by atoms with van der Waals surface area (Å²) in [6.45, 7) is 2.11. The van der Waals surface area contributed by atoms with Crippen LogP contribution in [0, 0.1) is 0 Å². The number of amides is 1. The molecule has 1 aromatic heterocycles. The highest BCUT2D eigenvalue weighted by Gasteiger charge is 2.14. The average Bonchev–Trinajstić information content (AvgIpc) is 2.89. The summed E-state index contributed by atoms with van der Waals surface area (Å²) in [5.41, 5.74) is 7.84. The normalized spacial score (nSPS) is 10.8. The summed E-state index contributed by atoms with van der Waals surface area (Å²) in [4.78, 5) is 22.6. The highest BCUT2D eigenvalue weighted by molar-refractivity contribution is 6.04. The molecule has 0 bridgehead atoms. The lowest BCUT2D eigenvalue weighted by atomic mass is 10.0. The molecule has 0 aliphatic rings. The standard InChI is InChI=1S/C29H23N3O/c1-2-20-12-18-24(19-13-20)30-29(33)23-16-14-22(15-17-23)28-27(21-8-4-3-5-9-21)31-25-10-6-7-11-26(25)32-28/h3-19H,2H2,1H3,(H,30,33). The summed E-state index contributed by atoms with van der Waals surface area (Å²) < 4.78 is 0. The van der Waals surface area contributed by atoms with E-state index in [4.69, 9.17) is 9.97 Å². The molecule has 0 saturated heterocycles. The summed E-state index contributed by atoms with van der Waals surface area (Å²) in [5.74, 6) is -0.140. The van der Waals surface area contributed by atoms with Crippen LogP contribution in [0.2, 0.25) is 0 Å². The highest BCUT2D eigenvalue weighted by atomic mass is 16.1. The maximum Gasteiger partial charge on any atom is 0.255 e. The van der Waals surface area contributed by atoms with Gasteiger partial charge >= 0.3 is 0 Å². The van der Waals surface area contributed by atoms with Crippen molar-refractivity contribution in [2.24, 2.45) is 0 Å². The molecule has 0 radical (unpaired) electrons. The van der Waals surface area contributed by atoms with Crippen molar-refractivity contribution >= 4 is 22.6 Å². The number of hydrogen-bond donors (Lipinski definition) is 1. The van der Waals surface area contributed by atoms with E-state index in [9.17, 15) is 4.79 Å². The molecule has 1 N–H and O–H groups in total. The number of hydrogen-bond acceptors (Lipinski definition) is 3. The van der Waals surface area contributed by atoms with Crippen molar-refractivity contribution in [1.82, 2.24) is 9.97 Å². The average molecular weight is 430 g/mol. The minimum Gasteiger partial charge on any atom is -0.322 e. The molecule has 1 heterocycles. The number of fused-ring (bicyclic) bond motifs is 1. The number of benzene rings is 4. The first kappa shape index (κ1) is 20.6. The summed E-state index contributed by atoms with van der Waals surface area (Å²) in [6.07, 6.45) is 0.971. The summed E-state index contributed by atoms with van der Waals surface area (Å²) >= 11 is 0. The van der Waals surface area contributed by atoms with Gasteiger partial charge in [-0.3, -0.25) is 4.79 Å². The zero-order chi connectivity index (χ0) is 22.6. The number of carbonyl (C=O) groups is 1. The van der Waals surface area contributed by atoms with Crippen LogP contribution in [0.1, 0.15) is 22.8 Å². The van der Waals surface area contributed by atoms with Crippen LogP contribution in [-0.4, -0.2) is 15.9 Å². The van der Waals surface area contributed by atoms with Gasteiger partial charge in [-0.15, -0.1) is 0 Å². The molecule has 0 spiro atoms. The summed E-state index contributed by atoms with van der Waals surface area (Å²) in [5, 5.41) is 2.96. The first-order chi connectivity index (χ1) is 16.2. The van der Waals surface area contributed by atoms with Crippen molar-refractivity contribution in [3.05, 3.63) is 114 Å². The fourth-order valence-corrected chi connectivity index (χ4v) is 3.81. The van der Waals surface area contributed by atoms with Crippen molar-refractivity contribution < 1.29 is 4.79 Å². The van der Waals surface area contributed by atoms with Gasteiger partial charge in [0.05, 0.1) is 22.4 Å². The van der Waals surface area contributed by atoms with Crippen molar-refractivity contribution in [3.63, 3.8) is 0 Å². The number of para-hydroxylation sites is 2. The molecule has 4 nitrogen and oxygen atoms in total. The predicted molar refractivity (Wildman–Crippen MR) is 134 cm³/mol. The van der Waals surface area contributed by atoms with Gasteiger partial charge in [-0.25, -0.2) is 9.97 Å². The van der Waals surface area contributed by atoms with E-state index in [0.717, 1.165) is 45.7 Å². The SMILES string of the molecule is CCc1ccc(NC(=O)c2ccc(-c3nc4ccccc4nc3-c3ccccc3)cc2)cc1. The van der Waals surface area contributed by atoms with Gasteiger partial charge in [0.15, 0.2) is 0 Å². The van der Waals surface area contributed by atoms with Gasteiger partial charge in [0, 0.05) is 22.4 Å². The first-order valence-electron chi connectivity index (χ1n) is 11.0. The lowest BCUT2D eigenvalue weighted by Gasteiger charge is -2.11. The molecule has 0 saturated carbocycles. The van der Waals surface area contributed by atoms with Gasteiger partial charge in [-0.1, -0.05) is 73.7 Å². The molecule has 160 valence electrons. The zero-order valence-corrected chi connectivity index (χ0v) is 18.3. The molecule has 0 fully saturated rings. The Bertz CT molecular complexity index is 1410. The van der Waals surface area contributed by atoms with E-state index >= 15 is 0 Å². The third kappa shape index (κ3) is 4.37. The van der Waals surface area contributed by atoms with Crippen LogP contribution in [0.15, 0.2) is 103 Å². The second kappa shape index (κ2) is 9.05. The van der Waals surface area contributed by atoms with Gasteiger partial charge in [-0.2, -0.15) is 0 Å². The van der Waals surface area contributed by atoms with Gasteiger partial charge in [0.2, 0.25) is 0 Å². The smallest absolute Gasteiger partial charge is 0.255 e. The number of anilines is 1. The Morgan fingerprint density at radius 1 is 0.667 bits per heavy atom. The number of nitrogens with one attached hydrogen (secondary N) is 1. The minimum absolute atomic E-state index is 0.140. The Hall–Kier alpha value is -4.31. The van der Waals surface area contributed by atoms with E-state index < -0.39 is 0 Å². The number of nitrogens with zero attached hydrogens (tertiary/aromatic N) is 2. The fraction of sp³-hybridized carbons (Fsp3) is 0.0690. The third-order valence-electron chi connectivity index (χ3n) is 5.66. The van der Waals surface area contributed by atoms with Crippen LogP contribution < -0.4 is 5.32 Å². The van der Waals surface area contributed by atoms with Crippen LogP contribution in [-0.2, 0) is 6.42 Å². The van der Waals surface area contributed by atoms with Crippen molar-refractivity contribution in [2.45, 2.75) is 13.3 Å². The molecular weight excluding hydrogens is 406 g/mol. The van der Waals surface area contributed by atoms with Crippen LogP contribution in [0.5, 0.6) is 0 Å². The molecular formula is C29H23N3O. The largest absolute Gasteiger partial charge is 0.322 e. The molecule has 1 amide bonds. The quantitative estimate of drug-likeness (QED) is 0.335. The monoisotopic (exact) mass is 429 g/mol. The molecule has 5 aromatic rings. The minimum atomic E-state index is -0.140. The van der Waals surface area contributed by atoms with Crippen LogP contribution in [0.3, 0.4) is 0 Å². The van der Waals surface area contributed by atoms with Crippen LogP contribution >= 0.6 is 0 Å². The second-order valence-electron chi connectivity index (χ2n) is 7.86. The van der Waals surface area contributed by atoms with Crippen molar-refractivity contribution in [3.8, 4) is 22.5 Å². The first-order valence-corrected chi connectivity index (χ1v) is 11.0. The number of aromatic nitrogens is 2. The molecule has 0 unspecified atom stereocenters. The van der Waals surface area contributed by atoms with E-state index in [2.05, 4.69) is 12.2 Å². The maximum absolute atomic E-state index is 12.7. The van der Waals surface area contributed by atoms with E-state index in [1.807, 2.05) is 103 Å². The van der Waals surface area contributed by atoms with Crippen molar-refractivity contribution in [2.75, 3.05) is 5.32 Å². The zero-order valence-electron chi connectivity index (χ0n) is 18.3. The third-order valence-corrected chi connectivity index (χ3v) is 5.66. The topological polar surface area (TPSA) is 54.9 Å². The van der Waals surface area contributed by atoms with Crippen LogP contribution in [0.4, 0.5) is 5.69 Å². The van der Waals surface area contributed by atoms with Gasteiger partial charge in [0.25, 0.3) is 5.91 Å². The Morgan fingerprint density at radius 3 is 1.79 bits per heavy atom. The Kier molecular flexibility index (Phi) is 5.64. The number of rotatable bonds is 5. The molecule has 4 aromatic carbocycles. The van der Waals surface area contributed by atoms with E-state index in [-0.39, 0.29) is 5.91 Å². The predicted octanol–water partition coefficient (Wildman–Crippen LogP) is 6.78. The second-order valence-corrected chi connectivity index (χ2v) is 7.86. The number of aryl methyl sites for hydroxylation is 1. The van der Waals surface area contributed by atoms with Crippen LogP contribution in [0.25, 0.3) is 33.5 Å². The molecule has 5 rings (SSSR count). The summed E-state index contributed by atoms with van der Waals surface area (Å²) in [6, 6.07) is 33.4. The molecule has 0 atom stereocenters. The highest BCUT2D eigenvalue weighted by Crippen LogP contribution is 2.31. The van der Waals surface area contributed by atoms with Gasteiger partial charge < -0.3 is 5.32 Å². The molecule has 4 heteroatoms. The molecule has 0 aliphatic carbocycles.